The topological polar surface area (TPSA) is 25.2 Å². The molecule has 0 spiro atoms. The molecule has 3 heteroatoms. The predicted octanol–water partition coefficient (Wildman–Crippen LogP) is 5.30. The number of hydrogen-bond donors (Lipinski definition) is 1. The van der Waals surface area contributed by atoms with E-state index >= 15 is 0 Å². The number of unbranched alkanes of at least 4 members (excludes halogenated alkanes) is 3. The summed E-state index contributed by atoms with van der Waals surface area (Å²) in [6.07, 6.45) is 6.68. The van der Waals surface area contributed by atoms with Crippen molar-refractivity contribution in [2.24, 2.45) is 5.92 Å². The standard InChI is InChI=1S/C15H26BrNO/c1-12(2)8-6-4-5-7-11-17-13(3)14-9-10-15(16)18-14/h9-10,12-13,17H,4-8,11H2,1-3H3. The molecule has 0 amide bonds. The van der Waals surface area contributed by atoms with E-state index in [0.717, 1.165) is 22.9 Å². The van der Waals surface area contributed by atoms with Crippen LogP contribution in [0.4, 0.5) is 0 Å². The van der Waals surface area contributed by atoms with Gasteiger partial charge in [0.05, 0.1) is 6.04 Å². The second kappa shape index (κ2) is 8.76. The van der Waals surface area contributed by atoms with Crippen molar-refractivity contribution in [1.82, 2.24) is 5.32 Å². The zero-order valence-electron chi connectivity index (χ0n) is 11.8. The molecule has 104 valence electrons. The molecule has 18 heavy (non-hydrogen) atoms. The van der Waals surface area contributed by atoms with Gasteiger partial charge < -0.3 is 9.73 Å². The highest BCUT2D eigenvalue weighted by Gasteiger charge is 2.08. The molecule has 0 saturated carbocycles. The average molecular weight is 316 g/mol. The fraction of sp³-hybridized carbons (Fsp3) is 0.733. The van der Waals surface area contributed by atoms with E-state index in [1.807, 2.05) is 12.1 Å². The maximum atomic E-state index is 5.52. The zero-order chi connectivity index (χ0) is 13.4. The van der Waals surface area contributed by atoms with E-state index in [2.05, 4.69) is 42.0 Å². The first-order chi connectivity index (χ1) is 8.59. The minimum Gasteiger partial charge on any atom is -0.453 e. The van der Waals surface area contributed by atoms with Crippen molar-refractivity contribution in [3.8, 4) is 0 Å². The summed E-state index contributed by atoms with van der Waals surface area (Å²) >= 11 is 3.33. The Balaban J connectivity index is 2.01. The summed E-state index contributed by atoms with van der Waals surface area (Å²) in [6, 6.07) is 4.26. The summed E-state index contributed by atoms with van der Waals surface area (Å²) in [6.45, 7) is 7.81. The van der Waals surface area contributed by atoms with E-state index in [1.165, 1.54) is 32.1 Å². The van der Waals surface area contributed by atoms with Crippen molar-refractivity contribution in [2.75, 3.05) is 6.54 Å². The first kappa shape index (κ1) is 15.8. The predicted molar refractivity (Wildman–Crippen MR) is 80.7 cm³/mol. The monoisotopic (exact) mass is 315 g/mol. The van der Waals surface area contributed by atoms with Gasteiger partial charge in [0.25, 0.3) is 0 Å². The summed E-state index contributed by atoms with van der Waals surface area (Å²) in [5.74, 6) is 1.85. The smallest absolute Gasteiger partial charge is 0.169 e. The molecule has 2 nitrogen and oxygen atoms in total. The molecule has 0 aliphatic heterocycles. The van der Waals surface area contributed by atoms with E-state index in [-0.39, 0.29) is 0 Å². The van der Waals surface area contributed by atoms with Crippen molar-refractivity contribution in [3.63, 3.8) is 0 Å². The van der Waals surface area contributed by atoms with Gasteiger partial charge in [0.1, 0.15) is 5.76 Å². The molecular weight excluding hydrogens is 290 g/mol. The van der Waals surface area contributed by atoms with E-state index in [1.54, 1.807) is 0 Å². The second-order valence-corrected chi connectivity index (χ2v) is 6.20. The Bertz CT molecular complexity index is 322. The van der Waals surface area contributed by atoms with Gasteiger partial charge in [-0.15, -0.1) is 0 Å². The highest BCUT2D eigenvalue weighted by molar-refractivity contribution is 9.10. The van der Waals surface area contributed by atoms with Crippen molar-refractivity contribution < 1.29 is 4.42 Å². The van der Waals surface area contributed by atoms with Crippen LogP contribution in [0.2, 0.25) is 0 Å². The van der Waals surface area contributed by atoms with Gasteiger partial charge in [0.2, 0.25) is 0 Å². The van der Waals surface area contributed by atoms with Crippen LogP contribution in [0, 0.1) is 5.92 Å². The first-order valence-electron chi connectivity index (χ1n) is 7.08. The van der Waals surface area contributed by atoms with Gasteiger partial charge in [-0.2, -0.15) is 0 Å². The van der Waals surface area contributed by atoms with Gasteiger partial charge >= 0.3 is 0 Å². The van der Waals surface area contributed by atoms with Crippen LogP contribution in [0.5, 0.6) is 0 Å². The number of halogens is 1. The SMILES string of the molecule is CC(C)CCCCCCNC(C)c1ccc(Br)o1. The Morgan fingerprint density at radius 3 is 2.44 bits per heavy atom. The average Bonchev–Trinajstić information content (AvgIpc) is 2.74. The fourth-order valence-electron chi connectivity index (χ4n) is 2.01. The molecule has 1 atom stereocenters. The quantitative estimate of drug-likeness (QED) is 0.625. The molecule has 0 aliphatic carbocycles. The van der Waals surface area contributed by atoms with Crippen LogP contribution in [0.15, 0.2) is 21.2 Å². The molecule has 0 saturated heterocycles. The molecule has 1 unspecified atom stereocenters. The van der Waals surface area contributed by atoms with Crippen LogP contribution in [-0.2, 0) is 0 Å². The van der Waals surface area contributed by atoms with E-state index in [9.17, 15) is 0 Å². The maximum absolute atomic E-state index is 5.52. The third kappa shape index (κ3) is 6.60. The Kier molecular flexibility index (Phi) is 7.68. The molecule has 0 bridgehead atoms. The van der Waals surface area contributed by atoms with Crippen LogP contribution in [0.1, 0.15) is 64.7 Å². The Morgan fingerprint density at radius 2 is 1.83 bits per heavy atom. The molecule has 0 aliphatic rings. The van der Waals surface area contributed by atoms with Crippen molar-refractivity contribution in [1.29, 1.82) is 0 Å². The van der Waals surface area contributed by atoms with Gasteiger partial charge in [0, 0.05) is 0 Å². The lowest BCUT2D eigenvalue weighted by molar-refractivity contribution is 0.413. The lowest BCUT2D eigenvalue weighted by atomic mass is 10.0. The molecule has 0 fully saturated rings. The van der Waals surface area contributed by atoms with E-state index < -0.39 is 0 Å². The first-order valence-corrected chi connectivity index (χ1v) is 7.87. The largest absolute Gasteiger partial charge is 0.453 e. The summed E-state index contributed by atoms with van der Waals surface area (Å²) in [4.78, 5) is 0. The zero-order valence-corrected chi connectivity index (χ0v) is 13.4. The molecule has 0 radical (unpaired) electrons. The molecule has 1 heterocycles. The highest BCUT2D eigenvalue weighted by Crippen LogP contribution is 2.20. The minimum absolute atomic E-state index is 0.298. The van der Waals surface area contributed by atoms with Gasteiger partial charge in [-0.25, -0.2) is 0 Å². The van der Waals surface area contributed by atoms with E-state index in [0.29, 0.717) is 6.04 Å². The molecule has 0 aromatic carbocycles. The van der Waals surface area contributed by atoms with Gasteiger partial charge in [0.15, 0.2) is 4.67 Å². The van der Waals surface area contributed by atoms with Crippen LogP contribution < -0.4 is 5.32 Å². The third-order valence-electron chi connectivity index (χ3n) is 3.18. The Morgan fingerprint density at radius 1 is 1.11 bits per heavy atom. The Hall–Kier alpha value is -0.280. The Labute approximate surface area is 120 Å². The maximum Gasteiger partial charge on any atom is 0.169 e. The number of hydrogen-bond acceptors (Lipinski definition) is 2. The van der Waals surface area contributed by atoms with Crippen LogP contribution in [0.25, 0.3) is 0 Å². The van der Waals surface area contributed by atoms with Crippen molar-refractivity contribution in [3.05, 3.63) is 22.6 Å². The minimum atomic E-state index is 0.298. The summed E-state index contributed by atoms with van der Waals surface area (Å²) in [5.41, 5.74) is 0. The van der Waals surface area contributed by atoms with Crippen LogP contribution in [-0.4, -0.2) is 6.54 Å². The summed E-state index contributed by atoms with van der Waals surface area (Å²) in [5, 5.41) is 3.50. The molecule has 1 N–H and O–H groups in total. The summed E-state index contributed by atoms with van der Waals surface area (Å²) < 4.78 is 6.33. The highest BCUT2D eigenvalue weighted by atomic mass is 79.9. The fourth-order valence-corrected chi connectivity index (χ4v) is 2.33. The summed E-state index contributed by atoms with van der Waals surface area (Å²) in [7, 11) is 0. The number of nitrogens with one attached hydrogen (secondary N) is 1. The number of furan rings is 1. The van der Waals surface area contributed by atoms with Crippen LogP contribution >= 0.6 is 15.9 Å². The lowest BCUT2D eigenvalue weighted by Crippen LogP contribution is -2.19. The van der Waals surface area contributed by atoms with Gasteiger partial charge in [-0.1, -0.05) is 39.5 Å². The third-order valence-corrected chi connectivity index (χ3v) is 3.61. The van der Waals surface area contributed by atoms with Gasteiger partial charge in [-0.05, 0) is 53.9 Å². The normalized spacial score (nSPS) is 13.2. The molecule has 1 aromatic rings. The second-order valence-electron chi connectivity index (χ2n) is 5.41. The molecule has 1 aromatic heterocycles. The lowest BCUT2D eigenvalue weighted by Gasteiger charge is -2.11. The van der Waals surface area contributed by atoms with Crippen LogP contribution in [0.3, 0.4) is 0 Å². The van der Waals surface area contributed by atoms with Gasteiger partial charge in [-0.3, -0.25) is 0 Å². The van der Waals surface area contributed by atoms with Crippen molar-refractivity contribution in [2.45, 2.75) is 58.9 Å². The molecule has 1 rings (SSSR count). The number of rotatable bonds is 9. The van der Waals surface area contributed by atoms with E-state index in [4.69, 9.17) is 4.42 Å². The molecular formula is C15H26BrNO. The van der Waals surface area contributed by atoms with Crippen molar-refractivity contribution >= 4 is 15.9 Å².